The van der Waals surface area contributed by atoms with Gasteiger partial charge in [0.25, 0.3) is 0 Å². The van der Waals surface area contributed by atoms with Crippen LogP contribution in [0.15, 0.2) is 58.7 Å². The van der Waals surface area contributed by atoms with Gasteiger partial charge in [-0.1, -0.05) is 41.6 Å². The van der Waals surface area contributed by atoms with Crippen LogP contribution < -0.4 is 5.32 Å². The number of hydrogen-bond acceptors (Lipinski definition) is 5. The molecule has 0 saturated carbocycles. The lowest BCUT2D eigenvalue weighted by Gasteiger charge is -2.05. The predicted octanol–water partition coefficient (Wildman–Crippen LogP) is 2.86. The summed E-state index contributed by atoms with van der Waals surface area (Å²) < 4.78 is 0. The Kier molecular flexibility index (Phi) is 4.96. The third-order valence-electron chi connectivity index (χ3n) is 3.57. The van der Waals surface area contributed by atoms with Crippen molar-refractivity contribution in [1.29, 1.82) is 0 Å². The number of carbonyl (C=O) groups excluding carboxylic acids is 1. The molecular formula is C18H17N3O2S. The molecule has 2 N–H and O–H groups in total. The first kappa shape index (κ1) is 16.3. The number of phenolic OH excluding ortho intramolecular Hbond substituents is 1. The zero-order valence-corrected chi connectivity index (χ0v) is 14.0. The Morgan fingerprint density at radius 1 is 1.17 bits per heavy atom. The topological polar surface area (TPSA) is 74.1 Å². The Morgan fingerprint density at radius 2 is 1.88 bits per heavy atom. The normalized spacial score (nSPS) is 19.1. The summed E-state index contributed by atoms with van der Waals surface area (Å²) in [6.45, 7) is 2.04. The van der Waals surface area contributed by atoms with Gasteiger partial charge in [0, 0.05) is 0 Å². The van der Waals surface area contributed by atoms with Crippen molar-refractivity contribution in [3.63, 3.8) is 0 Å². The second-order valence-corrected chi connectivity index (χ2v) is 6.72. The van der Waals surface area contributed by atoms with Crippen LogP contribution in [-0.2, 0) is 11.2 Å². The van der Waals surface area contributed by atoms with Gasteiger partial charge >= 0.3 is 0 Å². The lowest BCUT2D eigenvalue weighted by atomic mass is 10.1. The number of amides is 1. The fourth-order valence-corrected chi connectivity index (χ4v) is 3.20. The van der Waals surface area contributed by atoms with Crippen LogP contribution in [-0.4, -0.2) is 27.6 Å². The highest BCUT2D eigenvalue weighted by Crippen LogP contribution is 2.23. The zero-order chi connectivity index (χ0) is 16.9. The molecule has 1 amide bonds. The minimum Gasteiger partial charge on any atom is -0.508 e. The molecule has 0 spiro atoms. The number of hydrogen-bond donors (Lipinski definition) is 2. The molecule has 1 unspecified atom stereocenters. The van der Waals surface area contributed by atoms with E-state index in [9.17, 15) is 9.90 Å². The van der Waals surface area contributed by atoms with E-state index < -0.39 is 0 Å². The summed E-state index contributed by atoms with van der Waals surface area (Å²) in [5.41, 5.74) is 3.15. The van der Waals surface area contributed by atoms with Crippen LogP contribution in [0.1, 0.15) is 16.7 Å². The molecule has 24 heavy (non-hydrogen) atoms. The van der Waals surface area contributed by atoms with Gasteiger partial charge in [-0.05, 0) is 48.7 Å². The smallest absolute Gasteiger partial charge is 0.239 e. The highest BCUT2D eigenvalue weighted by atomic mass is 32.2. The molecule has 1 aliphatic heterocycles. The van der Waals surface area contributed by atoms with Crippen LogP contribution >= 0.6 is 11.8 Å². The van der Waals surface area contributed by atoms with Crippen LogP contribution in [0.25, 0.3) is 0 Å². The summed E-state index contributed by atoms with van der Waals surface area (Å²) in [6.07, 6.45) is 2.24. The number of rotatable bonds is 4. The van der Waals surface area contributed by atoms with Crippen molar-refractivity contribution in [3.8, 4) is 5.75 Å². The highest BCUT2D eigenvalue weighted by Gasteiger charge is 2.30. The third-order valence-corrected chi connectivity index (χ3v) is 4.64. The quantitative estimate of drug-likeness (QED) is 0.664. The molecular weight excluding hydrogens is 322 g/mol. The summed E-state index contributed by atoms with van der Waals surface area (Å²) in [5, 5.41) is 20.3. The van der Waals surface area contributed by atoms with E-state index in [0.717, 1.165) is 11.1 Å². The fourth-order valence-electron chi connectivity index (χ4n) is 2.23. The van der Waals surface area contributed by atoms with Crippen molar-refractivity contribution in [2.75, 3.05) is 0 Å². The summed E-state index contributed by atoms with van der Waals surface area (Å²) in [4.78, 5) is 12.0. The van der Waals surface area contributed by atoms with Gasteiger partial charge in [-0.25, -0.2) is 0 Å². The molecule has 1 heterocycles. The molecule has 2 aromatic rings. The van der Waals surface area contributed by atoms with Crippen LogP contribution in [0.4, 0.5) is 0 Å². The minimum absolute atomic E-state index is 0.0424. The number of phenols is 1. The molecule has 0 aliphatic carbocycles. The SMILES string of the molecule is Cc1ccc(CC2S/C(=N\N=C\c3ccc(O)cc3)NC2=O)cc1. The standard InChI is InChI=1S/C18H17N3O2S/c1-12-2-4-13(5-3-12)10-16-17(23)20-18(24-16)21-19-11-14-6-8-15(22)9-7-14/h2-9,11,16,22H,10H2,1H3,(H,20,21,23)/b19-11+. The molecule has 3 rings (SSSR count). The maximum absolute atomic E-state index is 12.0. The number of nitrogens with zero attached hydrogens (tertiary/aromatic N) is 2. The Labute approximate surface area is 144 Å². The van der Waals surface area contributed by atoms with Gasteiger partial charge < -0.3 is 10.4 Å². The maximum atomic E-state index is 12.0. The van der Waals surface area contributed by atoms with E-state index >= 15 is 0 Å². The van der Waals surface area contributed by atoms with Gasteiger partial charge in [0.1, 0.15) is 5.75 Å². The van der Waals surface area contributed by atoms with E-state index in [-0.39, 0.29) is 16.9 Å². The van der Waals surface area contributed by atoms with Crippen molar-refractivity contribution in [1.82, 2.24) is 5.32 Å². The van der Waals surface area contributed by atoms with E-state index in [1.165, 1.54) is 17.3 Å². The lowest BCUT2D eigenvalue weighted by Crippen LogP contribution is -2.25. The maximum Gasteiger partial charge on any atom is 0.239 e. The number of aromatic hydroxyl groups is 1. The molecule has 1 aliphatic rings. The first-order chi connectivity index (χ1) is 11.6. The summed E-state index contributed by atoms with van der Waals surface area (Å²) in [7, 11) is 0. The van der Waals surface area contributed by atoms with Gasteiger partial charge in [0.2, 0.25) is 5.91 Å². The zero-order valence-electron chi connectivity index (χ0n) is 13.1. The molecule has 0 bridgehead atoms. The number of aryl methyl sites for hydroxylation is 1. The first-order valence-electron chi connectivity index (χ1n) is 7.53. The molecule has 1 saturated heterocycles. The van der Waals surface area contributed by atoms with E-state index in [1.54, 1.807) is 30.5 Å². The largest absolute Gasteiger partial charge is 0.508 e. The van der Waals surface area contributed by atoms with Crippen molar-refractivity contribution < 1.29 is 9.90 Å². The van der Waals surface area contributed by atoms with Crippen molar-refractivity contribution in [2.24, 2.45) is 10.2 Å². The third kappa shape index (κ3) is 4.23. The van der Waals surface area contributed by atoms with E-state index in [0.29, 0.717) is 11.6 Å². The van der Waals surface area contributed by atoms with Gasteiger partial charge in [0.05, 0.1) is 11.5 Å². The van der Waals surface area contributed by atoms with E-state index in [4.69, 9.17) is 0 Å². The molecule has 1 fully saturated rings. The molecule has 5 nitrogen and oxygen atoms in total. The van der Waals surface area contributed by atoms with Crippen molar-refractivity contribution in [3.05, 3.63) is 65.2 Å². The average molecular weight is 339 g/mol. The molecule has 2 aromatic carbocycles. The van der Waals surface area contributed by atoms with Gasteiger partial charge in [-0.3, -0.25) is 4.79 Å². The van der Waals surface area contributed by atoms with Crippen LogP contribution in [0.5, 0.6) is 5.75 Å². The minimum atomic E-state index is -0.185. The molecule has 6 heteroatoms. The molecule has 122 valence electrons. The summed E-state index contributed by atoms with van der Waals surface area (Å²) >= 11 is 1.39. The second kappa shape index (κ2) is 7.31. The second-order valence-electron chi connectivity index (χ2n) is 5.53. The monoisotopic (exact) mass is 339 g/mol. The van der Waals surface area contributed by atoms with Gasteiger partial charge in [-0.15, -0.1) is 5.10 Å². The Bertz CT molecular complexity index is 783. The predicted molar refractivity (Wildman–Crippen MR) is 97.5 cm³/mol. The summed E-state index contributed by atoms with van der Waals surface area (Å²) in [6, 6.07) is 14.8. The molecule has 1 atom stereocenters. The molecule has 0 aromatic heterocycles. The summed E-state index contributed by atoms with van der Waals surface area (Å²) in [5.74, 6) is 0.162. The van der Waals surface area contributed by atoms with Gasteiger partial charge in [0.15, 0.2) is 5.17 Å². The van der Waals surface area contributed by atoms with E-state index in [1.807, 2.05) is 31.2 Å². The lowest BCUT2D eigenvalue weighted by molar-refractivity contribution is -0.118. The van der Waals surface area contributed by atoms with Crippen LogP contribution in [0.2, 0.25) is 0 Å². The van der Waals surface area contributed by atoms with Crippen LogP contribution in [0, 0.1) is 6.92 Å². The Morgan fingerprint density at radius 3 is 2.58 bits per heavy atom. The van der Waals surface area contributed by atoms with Crippen molar-refractivity contribution >= 4 is 29.1 Å². The van der Waals surface area contributed by atoms with Crippen molar-refractivity contribution in [2.45, 2.75) is 18.6 Å². The Hall–Kier alpha value is -2.60. The number of amidine groups is 1. The highest BCUT2D eigenvalue weighted by molar-refractivity contribution is 8.15. The number of carbonyl (C=O) groups is 1. The number of thioether (sulfide) groups is 1. The van der Waals surface area contributed by atoms with E-state index in [2.05, 4.69) is 15.5 Å². The fraction of sp³-hybridized carbons (Fsp3) is 0.167. The molecule has 0 radical (unpaired) electrons. The number of benzene rings is 2. The Balaban J connectivity index is 1.61. The average Bonchev–Trinajstić information content (AvgIpc) is 2.91. The number of nitrogens with one attached hydrogen (secondary N) is 1. The van der Waals surface area contributed by atoms with Crippen LogP contribution in [0.3, 0.4) is 0 Å². The first-order valence-corrected chi connectivity index (χ1v) is 8.41. The van der Waals surface area contributed by atoms with Gasteiger partial charge in [-0.2, -0.15) is 5.10 Å².